The van der Waals surface area contributed by atoms with Gasteiger partial charge >= 0.3 is 0 Å². The van der Waals surface area contributed by atoms with Crippen LogP contribution < -0.4 is 5.32 Å². The van der Waals surface area contributed by atoms with Crippen molar-refractivity contribution in [1.29, 1.82) is 0 Å². The van der Waals surface area contributed by atoms with Gasteiger partial charge in [0.2, 0.25) is 0 Å². The van der Waals surface area contributed by atoms with E-state index >= 15 is 0 Å². The number of hydrogen-bond acceptors (Lipinski definition) is 2. The molecule has 0 radical (unpaired) electrons. The van der Waals surface area contributed by atoms with Crippen molar-refractivity contribution in [2.24, 2.45) is 0 Å². The van der Waals surface area contributed by atoms with Crippen LogP contribution in [-0.2, 0) is 0 Å². The number of aryl methyl sites for hydroxylation is 1. The van der Waals surface area contributed by atoms with Crippen molar-refractivity contribution < 1.29 is 0 Å². The molecule has 27 heavy (non-hydrogen) atoms. The highest BCUT2D eigenvalue weighted by atomic mass is 32.1. The third-order valence-corrected chi connectivity index (χ3v) is 5.38. The molecule has 0 unspecified atom stereocenters. The number of nitrogens with one attached hydrogen (secondary N) is 1. The van der Waals surface area contributed by atoms with E-state index in [0.717, 1.165) is 16.5 Å². The van der Waals surface area contributed by atoms with E-state index < -0.39 is 0 Å². The summed E-state index contributed by atoms with van der Waals surface area (Å²) in [5, 5.41) is 4.29. The van der Waals surface area contributed by atoms with E-state index in [4.69, 9.17) is 12.2 Å². The van der Waals surface area contributed by atoms with Gasteiger partial charge in [0.1, 0.15) is 0 Å². The van der Waals surface area contributed by atoms with Crippen molar-refractivity contribution >= 4 is 17.3 Å². The average Bonchev–Trinajstić information content (AvgIpc) is 3.26. The highest BCUT2D eigenvalue weighted by Crippen LogP contribution is 2.40. The molecule has 3 aromatic rings. The summed E-state index contributed by atoms with van der Waals surface area (Å²) in [6.45, 7) is 6.49. The first-order valence-corrected chi connectivity index (χ1v) is 9.71. The molecule has 1 N–H and O–H groups in total. The highest BCUT2D eigenvalue weighted by molar-refractivity contribution is 7.80. The standard InChI is InChI=1S/C22H24N4S/c1-15(2)26-21(20(24-22(26)27)18-10-4-5-12-23-18)19-11-7-13-25(19)17-9-6-8-16(3)14-17/h4-15,20-21H,1-3H3,(H,24,27)/t20-,21-/m0/s1. The first-order chi connectivity index (χ1) is 13.1. The molecule has 0 aliphatic carbocycles. The molecule has 2 atom stereocenters. The minimum atomic E-state index is 0.0135. The molecule has 0 amide bonds. The van der Waals surface area contributed by atoms with Crippen LogP contribution in [0, 0.1) is 6.92 Å². The Labute approximate surface area is 165 Å². The summed E-state index contributed by atoms with van der Waals surface area (Å²) in [4.78, 5) is 6.90. The second-order valence-electron chi connectivity index (χ2n) is 7.27. The number of nitrogens with zero attached hydrogens (tertiary/aromatic N) is 3. The lowest BCUT2D eigenvalue weighted by Gasteiger charge is -2.31. The van der Waals surface area contributed by atoms with E-state index in [9.17, 15) is 0 Å². The number of benzene rings is 1. The van der Waals surface area contributed by atoms with Gasteiger partial charge in [-0.3, -0.25) is 4.98 Å². The molecule has 4 nitrogen and oxygen atoms in total. The van der Waals surface area contributed by atoms with Gasteiger partial charge in [0.25, 0.3) is 0 Å². The minimum absolute atomic E-state index is 0.0135. The van der Waals surface area contributed by atoms with Gasteiger partial charge < -0.3 is 14.8 Å². The molecule has 4 rings (SSSR count). The minimum Gasteiger partial charge on any atom is -0.352 e. The van der Waals surface area contributed by atoms with E-state index in [2.05, 4.69) is 89.2 Å². The molecule has 1 aromatic carbocycles. The van der Waals surface area contributed by atoms with Crippen molar-refractivity contribution in [1.82, 2.24) is 19.8 Å². The highest BCUT2D eigenvalue weighted by Gasteiger charge is 2.42. The topological polar surface area (TPSA) is 33.1 Å². The molecule has 1 aliphatic rings. The van der Waals surface area contributed by atoms with Crippen LogP contribution in [0.1, 0.15) is 42.9 Å². The Morgan fingerprint density at radius 3 is 2.63 bits per heavy atom. The zero-order valence-corrected chi connectivity index (χ0v) is 16.6. The average molecular weight is 377 g/mol. The monoisotopic (exact) mass is 376 g/mol. The first-order valence-electron chi connectivity index (χ1n) is 9.30. The van der Waals surface area contributed by atoms with Crippen molar-refractivity contribution in [3.63, 3.8) is 0 Å². The fourth-order valence-electron chi connectivity index (χ4n) is 3.89. The maximum Gasteiger partial charge on any atom is 0.170 e. The fourth-order valence-corrected chi connectivity index (χ4v) is 4.34. The molecule has 138 valence electrons. The van der Waals surface area contributed by atoms with Gasteiger partial charge in [0, 0.05) is 29.8 Å². The number of aromatic nitrogens is 2. The summed E-state index contributed by atoms with van der Waals surface area (Å²) in [6.07, 6.45) is 3.97. The smallest absolute Gasteiger partial charge is 0.170 e. The molecular weight excluding hydrogens is 352 g/mol. The van der Waals surface area contributed by atoms with E-state index in [1.807, 2.05) is 18.3 Å². The maximum atomic E-state index is 5.70. The third kappa shape index (κ3) is 3.23. The normalized spacial score (nSPS) is 19.6. The van der Waals surface area contributed by atoms with E-state index in [0.29, 0.717) is 0 Å². The van der Waals surface area contributed by atoms with Gasteiger partial charge in [-0.2, -0.15) is 0 Å². The zero-order chi connectivity index (χ0) is 19.0. The molecule has 3 heterocycles. The predicted molar refractivity (Wildman–Crippen MR) is 113 cm³/mol. The molecule has 1 fully saturated rings. The van der Waals surface area contributed by atoms with Crippen LogP contribution in [0.3, 0.4) is 0 Å². The Hall–Kier alpha value is -2.66. The van der Waals surface area contributed by atoms with Crippen LogP contribution in [0.15, 0.2) is 67.0 Å². The molecule has 5 heteroatoms. The van der Waals surface area contributed by atoms with Gasteiger partial charge in [-0.1, -0.05) is 18.2 Å². The summed E-state index contributed by atoms with van der Waals surface area (Å²) < 4.78 is 2.26. The van der Waals surface area contributed by atoms with Crippen molar-refractivity contribution in [2.45, 2.75) is 38.9 Å². The van der Waals surface area contributed by atoms with E-state index in [1.165, 1.54) is 11.3 Å². The molecule has 1 saturated heterocycles. The Balaban J connectivity index is 1.84. The molecule has 0 spiro atoms. The summed E-state index contributed by atoms with van der Waals surface area (Å²) >= 11 is 5.70. The summed E-state index contributed by atoms with van der Waals surface area (Å²) in [6, 6.07) is 19.3. The van der Waals surface area contributed by atoms with Crippen LogP contribution in [0.2, 0.25) is 0 Å². The molecule has 0 saturated carbocycles. The third-order valence-electron chi connectivity index (χ3n) is 5.05. The summed E-state index contributed by atoms with van der Waals surface area (Å²) in [5.74, 6) is 0. The second-order valence-corrected chi connectivity index (χ2v) is 7.66. The van der Waals surface area contributed by atoms with Gasteiger partial charge in [0.05, 0.1) is 17.8 Å². The van der Waals surface area contributed by atoms with Gasteiger partial charge in [-0.25, -0.2) is 0 Å². The van der Waals surface area contributed by atoms with Crippen LogP contribution in [0.25, 0.3) is 5.69 Å². The lowest BCUT2D eigenvalue weighted by Crippen LogP contribution is -2.36. The molecule has 0 bridgehead atoms. The van der Waals surface area contributed by atoms with Crippen molar-refractivity contribution in [2.75, 3.05) is 0 Å². The molecular formula is C22H24N4S. The van der Waals surface area contributed by atoms with Gasteiger partial charge in [-0.15, -0.1) is 0 Å². The van der Waals surface area contributed by atoms with Gasteiger partial charge in [0.15, 0.2) is 5.11 Å². The SMILES string of the molecule is Cc1cccc(-n2cccc2[C@H]2[C@H](c3ccccn3)NC(=S)N2C(C)C)c1. The summed E-state index contributed by atoms with van der Waals surface area (Å²) in [5.41, 5.74) is 4.62. The van der Waals surface area contributed by atoms with Crippen molar-refractivity contribution in [3.8, 4) is 5.69 Å². The van der Waals surface area contributed by atoms with E-state index in [1.54, 1.807) is 0 Å². The molecule has 2 aromatic heterocycles. The quantitative estimate of drug-likeness (QED) is 0.677. The lowest BCUT2D eigenvalue weighted by molar-refractivity contribution is 0.262. The Morgan fingerprint density at radius 2 is 1.93 bits per heavy atom. The Kier molecular flexibility index (Phi) is 4.70. The predicted octanol–water partition coefficient (Wildman–Crippen LogP) is 4.56. The number of thiocarbonyl (C=S) groups is 1. The maximum absolute atomic E-state index is 5.70. The number of pyridine rings is 1. The Morgan fingerprint density at radius 1 is 1.07 bits per heavy atom. The van der Waals surface area contributed by atoms with Crippen LogP contribution in [-0.4, -0.2) is 25.6 Å². The number of hydrogen-bond donors (Lipinski definition) is 1. The van der Waals surface area contributed by atoms with Crippen LogP contribution >= 0.6 is 12.2 Å². The second kappa shape index (κ2) is 7.16. The van der Waals surface area contributed by atoms with E-state index in [-0.39, 0.29) is 18.1 Å². The van der Waals surface area contributed by atoms with Gasteiger partial charge in [-0.05, 0) is 75.0 Å². The molecule has 1 aliphatic heterocycles. The van der Waals surface area contributed by atoms with Crippen LogP contribution in [0.4, 0.5) is 0 Å². The zero-order valence-electron chi connectivity index (χ0n) is 15.8. The first kappa shape index (κ1) is 17.7. The number of rotatable bonds is 4. The largest absolute Gasteiger partial charge is 0.352 e. The Bertz CT molecular complexity index is 948. The van der Waals surface area contributed by atoms with Crippen molar-refractivity contribution in [3.05, 3.63) is 83.9 Å². The lowest BCUT2D eigenvalue weighted by atomic mass is 10.0. The van der Waals surface area contributed by atoms with Crippen LogP contribution in [0.5, 0.6) is 0 Å². The summed E-state index contributed by atoms with van der Waals surface area (Å²) in [7, 11) is 0. The fraction of sp³-hybridized carbons (Fsp3) is 0.273.